The first-order valence-corrected chi connectivity index (χ1v) is 8.02. The molecule has 0 spiro atoms. The van der Waals surface area contributed by atoms with E-state index in [1.165, 1.54) is 6.07 Å². The fourth-order valence-corrected chi connectivity index (χ4v) is 3.32. The summed E-state index contributed by atoms with van der Waals surface area (Å²) in [7, 11) is -4.24. The molecule has 1 N–H and O–H groups in total. The van der Waals surface area contributed by atoms with Gasteiger partial charge in [-0.2, -0.15) is 8.42 Å². The molecule has 0 aliphatic carbocycles. The Morgan fingerprint density at radius 3 is 2.14 bits per heavy atom. The van der Waals surface area contributed by atoms with Crippen LogP contribution < -0.4 is 0 Å². The van der Waals surface area contributed by atoms with E-state index in [4.69, 9.17) is 0 Å². The predicted molar refractivity (Wildman–Crippen MR) is 83.0 cm³/mol. The molecule has 3 aromatic carbocycles. The lowest BCUT2D eigenvalue weighted by molar-refractivity contribution is 0.484. The highest BCUT2D eigenvalue weighted by Crippen LogP contribution is 2.28. The van der Waals surface area contributed by atoms with Crippen LogP contribution in [0.15, 0.2) is 71.6 Å². The highest BCUT2D eigenvalue weighted by Gasteiger charge is 2.16. The van der Waals surface area contributed by atoms with Crippen molar-refractivity contribution in [1.82, 2.24) is 0 Å². The number of hydrogen-bond acceptors (Lipinski definition) is 2. The Morgan fingerprint density at radius 1 is 0.810 bits per heavy atom. The van der Waals surface area contributed by atoms with E-state index in [2.05, 4.69) is 0 Å². The van der Waals surface area contributed by atoms with Crippen LogP contribution in [0.4, 0.5) is 0 Å². The Labute approximate surface area is 123 Å². The minimum Gasteiger partial charge on any atom is -0.282 e. The van der Waals surface area contributed by atoms with Gasteiger partial charge >= 0.3 is 0 Å². The molecule has 3 rings (SSSR count). The summed E-state index contributed by atoms with van der Waals surface area (Å²) in [4.78, 5) is -0.0356. The van der Waals surface area contributed by atoms with E-state index in [1.54, 1.807) is 6.07 Å². The largest absolute Gasteiger partial charge is 0.295 e. The molecule has 21 heavy (non-hydrogen) atoms. The third kappa shape index (κ3) is 2.82. The smallest absolute Gasteiger partial charge is 0.282 e. The van der Waals surface area contributed by atoms with Crippen molar-refractivity contribution in [3.05, 3.63) is 77.9 Å². The average Bonchev–Trinajstić information content (AvgIpc) is 2.47. The lowest BCUT2D eigenvalue weighted by Gasteiger charge is -2.10. The van der Waals surface area contributed by atoms with Gasteiger partial charge in [-0.15, -0.1) is 0 Å². The third-order valence-electron chi connectivity index (χ3n) is 3.47. The average molecular weight is 298 g/mol. The summed E-state index contributed by atoms with van der Waals surface area (Å²) in [5.41, 5.74) is 1.97. The van der Waals surface area contributed by atoms with Gasteiger partial charge in [-0.1, -0.05) is 60.7 Å². The highest BCUT2D eigenvalue weighted by atomic mass is 32.2. The maximum absolute atomic E-state index is 11.6. The van der Waals surface area contributed by atoms with Crippen molar-refractivity contribution in [3.63, 3.8) is 0 Å². The van der Waals surface area contributed by atoms with E-state index in [0.29, 0.717) is 11.8 Å². The van der Waals surface area contributed by atoms with Gasteiger partial charge < -0.3 is 0 Å². The Hall–Kier alpha value is -2.17. The molecule has 3 aromatic rings. The van der Waals surface area contributed by atoms with Crippen LogP contribution in [0.3, 0.4) is 0 Å². The van der Waals surface area contributed by atoms with Crippen LogP contribution in [0.5, 0.6) is 0 Å². The van der Waals surface area contributed by atoms with Gasteiger partial charge in [-0.3, -0.25) is 4.55 Å². The summed E-state index contributed by atoms with van der Waals surface area (Å²) < 4.78 is 32.7. The summed E-state index contributed by atoms with van der Waals surface area (Å²) in [5, 5.41) is 1.39. The van der Waals surface area contributed by atoms with E-state index >= 15 is 0 Å². The van der Waals surface area contributed by atoms with Crippen LogP contribution in [-0.4, -0.2) is 13.0 Å². The van der Waals surface area contributed by atoms with Crippen molar-refractivity contribution >= 4 is 20.9 Å². The summed E-state index contributed by atoms with van der Waals surface area (Å²) in [6, 6.07) is 20.4. The van der Waals surface area contributed by atoms with Gasteiger partial charge in [0.25, 0.3) is 10.1 Å². The van der Waals surface area contributed by atoms with E-state index in [9.17, 15) is 13.0 Å². The quantitative estimate of drug-likeness (QED) is 0.750. The van der Waals surface area contributed by atoms with Gasteiger partial charge in [0, 0.05) is 5.39 Å². The lowest BCUT2D eigenvalue weighted by Crippen LogP contribution is -2.01. The van der Waals surface area contributed by atoms with Gasteiger partial charge in [-0.05, 0) is 29.0 Å². The number of benzene rings is 3. The molecule has 0 saturated carbocycles. The zero-order chi connectivity index (χ0) is 14.9. The minimum absolute atomic E-state index is 0.0356. The zero-order valence-corrected chi connectivity index (χ0v) is 12.0. The van der Waals surface area contributed by atoms with E-state index in [-0.39, 0.29) is 4.90 Å². The van der Waals surface area contributed by atoms with E-state index in [1.807, 2.05) is 54.6 Å². The second kappa shape index (κ2) is 5.31. The summed E-state index contributed by atoms with van der Waals surface area (Å²) in [5.74, 6) is 0. The Bertz CT molecular complexity index is 879. The molecule has 0 atom stereocenters. The molecule has 0 fully saturated rings. The maximum atomic E-state index is 11.6. The van der Waals surface area contributed by atoms with E-state index < -0.39 is 10.1 Å². The maximum Gasteiger partial charge on any atom is 0.295 e. The standard InChI is InChI=1S/C17H14O3S/c18-21(19,20)16-11-5-9-14-8-4-10-15(17(14)16)12-13-6-2-1-3-7-13/h1-11H,12H2,(H,18,19,20). The minimum atomic E-state index is -4.24. The fourth-order valence-electron chi connectivity index (χ4n) is 2.56. The molecular formula is C17H14O3S. The number of fused-ring (bicyclic) bond motifs is 1. The SMILES string of the molecule is O=S(=O)(O)c1cccc2cccc(Cc3ccccc3)c12. The van der Waals surface area contributed by atoms with Crippen LogP contribution in [0.25, 0.3) is 10.8 Å². The molecule has 0 aliphatic rings. The molecule has 3 nitrogen and oxygen atoms in total. The van der Waals surface area contributed by atoms with Gasteiger partial charge in [0.15, 0.2) is 0 Å². The van der Waals surface area contributed by atoms with Crippen molar-refractivity contribution < 1.29 is 13.0 Å². The third-order valence-corrected chi connectivity index (χ3v) is 4.36. The lowest BCUT2D eigenvalue weighted by atomic mass is 9.98. The Kier molecular flexibility index (Phi) is 3.49. The topological polar surface area (TPSA) is 54.4 Å². The van der Waals surface area contributed by atoms with Crippen molar-refractivity contribution in [2.24, 2.45) is 0 Å². The molecule has 0 aromatic heterocycles. The normalized spacial score (nSPS) is 11.7. The molecule has 0 saturated heterocycles. The summed E-state index contributed by atoms with van der Waals surface area (Å²) in [6.07, 6.45) is 0.616. The van der Waals surface area contributed by atoms with Gasteiger partial charge in [-0.25, -0.2) is 0 Å². The van der Waals surface area contributed by atoms with Crippen LogP contribution in [-0.2, 0) is 16.5 Å². The van der Waals surface area contributed by atoms with Gasteiger partial charge in [0.05, 0.1) is 0 Å². The fraction of sp³-hybridized carbons (Fsp3) is 0.0588. The van der Waals surface area contributed by atoms with Crippen molar-refractivity contribution in [2.45, 2.75) is 11.3 Å². The molecule has 4 heteroatoms. The van der Waals surface area contributed by atoms with Crippen LogP contribution in [0.2, 0.25) is 0 Å². The van der Waals surface area contributed by atoms with Crippen LogP contribution >= 0.6 is 0 Å². The summed E-state index contributed by atoms with van der Waals surface area (Å²) in [6.45, 7) is 0. The van der Waals surface area contributed by atoms with Crippen LogP contribution in [0, 0.1) is 0 Å². The molecule has 0 bridgehead atoms. The first kappa shape index (κ1) is 13.8. The molecule has 0 aliphatic heterocycles. The first-order chi connectivity index (χ1) is 10.1. The van der Waals surface area contributed by atoms with Crippen molar-refractivity contribution in [2.75, 3.05) is 0 Å². The number of hydrogen-bond donors (Lipinski definition) is 1. The molecule has 0 amide bonds. The number of rotatable bonds is 3. The highest BCUT2D eigenvalue weighted by molar-refractivity contribution is 7.86. The molecular weight excluding hydrogens is 284 g/mol. The Morgan fingerprint density at radius 2 is 1.48 bits per heavy atom. The second-order valence-corrected chi connectivity index (χ2v) is 6.30. The van der Waals surface area contributed by atoms with Crippen molar-refractivity contribution in [3.8, 4) is 0 Å². The molecule has 0 heterocycles. The molecule has 106 valence electrons. The molecule has 0 radical (unpaired) electrons. The monoisotopic (exact) mass is 298 g/mol. The zero-order valence-electron chi connectivity index (χ0n) is 11.2. The van der Waals surface area contributed by atoms with Gasteiger partial charge in [0.1, 0.15) is 4.90 Å². The van der Waals surface area contributed by atoms with Crippen LogP contribution in [0.1, 0.15) is 11.1 Å². The van der Waals surface area contributed by atoms with E-state index in [0.717, 1.165) is 16.5 Å². The summed E-state index contributed by atoms with van der Waals surface area (Å²) >= 11 is 0. The second-order valence-electron chi connectivity index (χ2n) is 4.91. The van der Waals surface area contributed by atoms with Crippen molar-refractivity contribution in [1.29, 1.82) is 0 Å². The predicted octanol–water partition coefficient (Wildman–Crippen LogP) is 3.68. The van der Waals surface area contributed by atoms with Gasteiger partial charge in [0.2, 0.25) is 0 Å². The Balaban J connectivity index is 2.24. The molecule has 0 unspecified atom stereocenters. The first-order valence-electron chi connectivity index (χ1n) is 6.58.